The number of aromatic nitrogens is 2. The van der Waals surface area contributed by atoms with Crippen LogP contribution in [-0.2, 0) is 6.54 Å². The van der Waals surface area contributed by atoms with Gasteiger partial charge in [0.05, 0.1) is 6.54 Å². The van der Waals surface area contributed by atoms with Gasteiger partial charge in [-0.2, -0.15) is 13.2 Å². The fourth-order valence-corrected chi connectivity index (χ4v) is 2.75. The molecule has 0 saturated heterocycles. The van der Waals surface area contributed by atoms with Gasteiger partial charge >= 0.3 is 6.18 Å². The van der Waals surface area contributed by atoms with Gasteiger partial charge in [0.1, 0.15) is 5.82 Å². The average molecular weight is 287 g/mol. The first kappa shape index (κ1) is 15.2. The molecule has 1 aromatic rings. The quantitative estimate of drug-likeness (QED) is 0.922. The summed E-state index contributed by atoms with van der Waals surface area (Å²) in [6.45, 7) is 2.33. The van der Waals surface area contributed by atoms with Crippen molar-refractivity contribution in [3.63, 3.8) is 0 Å². The van der Waals surface area contributed by atoms with Crippen molar-refractivity contribution in [1.29, 1.82) is 0 Å². The number of halogens is 3. The monoisotopic (exact) mass is 287 g/mol. The molecule has 0 unspecified atom stereocenters. The smallest absolute Gasteiger partial charge is 0.307 e. The number of nitrogens with one attached hydrogen (secondary N) is 1. The van der Waals surface area contributed by atoms with Crippen LogP contribution < -0.4 is 5.32 Å². The summed E-state index contributed by atoms with van der Waals surface area (Å²) in [5, 5.41) is 3.21. The van der Waals surface area contributed by atoms with E-state index in [1.54, 1.807) is 12.4 Å². The van der Waals surface area contributed by atoms with Crippen molar-refractivity contribution in [1.82, 2.24) is 15.3 Å². The number of nitrogens with zero attached hydrogens (tertiary/aromatic N) is 2. The van der Waals surface area contributed by atoms with E-state index in [2.05, 4.69) is 15.3 Å². The van der Waals surface area contributed by atoms with E-state index in [0.717, 1.165) is 24.8 Å². The highest BCUT2D eigenvalue weighted by Crippen LogP contribution is 2.34. The molecular weight excluding hydrogens is 267 g/mol. The maximum absolute atomic E-state index is 12.6. The highest BCUT2D eigenvalue weighted by Gasteiger charge is 2.36. The maximum Gasteiger partial charge on any atom is 0.389 e. The van der Waals surface area contributed by atoms with E-state index in [-0.39, 0.29) is 12.0 Å². The van der Waals surface area contributed by atoms with Crippen LogP contribution in [-0.4, -0.2) is 22.2 Å². The van der Waals surface area contributed by atoms with Gasteiger partial charge in [0.15, 0.2) is 0 Å². The Morgan fingerprint density at radius 3 is 2.50 bits per heavy atom. The second-order valence-corrected chi connectivity index (χ2v) is 5.53. The Labute approximate surface area is 117 Å². The first-order chi connectivity index (χ1) is 9.44. The molecule has 3 nitrogen and oxygen atoms in total. The summed E-state index contributed by atoms with van der Waals surface area (Å²) >= 11 is 0. The molecule has 6 heteroatoms. The van der Waals surface area contributed by atoms with Crippen molar-refractivity contribution in [3.05, 3.63) is 23.8 Å². The largest absolute Gasteiger partial charge is 0.389 e. The molecule has 0 spiro atoms. The third kappa shape index (κ3) is 4.74. The first-order valence-electron chi connectivity index (χ1n) is 7.02. The lowest BCUT2D eigenvalue weighted by Crippen LogP contribution is -2.40. The topological polar surface area (TPSA) is 37.8 Å². The van der Waals surface area contributed by atoms with Crippen LogP contribution in [0.4, 0.5) is 13.2 Å². The Morgan fingerprint density at radius 1 is 1.20 bits per heavy atom. The van der Waals surface area contributed by atoms with Gasteiger partial charge in [0.25, 0.3) is 0 Å². The Bertz CT molecular complexity index is 417. The van der Waals surface area contributed by atoms with Crippen LogP contribution in [0.3, 0.4) is 0 Å². The van der Waals surface area contributed by atoms with Crippen molar-refractivity contribution in [3.8, 4) is 0 Å². The molecule has 0 amide bonds. The second-order valence-electron chi connectivity index (χ2n) is 5.53. The summed E-state index contributed by atoms with van der Waals surface area (Å²) in [6.07, 6.45) is 1.98. The van der Waals surface area contributed by atoms with E-state index in [4.69, 9.17) is 0 Å². The van der Waals surface area contributed by atoms with Crippen LogP contribution in [0, 0.1) is 12.8 Å². The fraction of sp³-hybridized carbons (Fsp3) is 0.714. The van der Waals surface area contributed by atoms with Gasteiger partial charge in [0.2, 0.25) is 0 Å². The number of rotatable bonds is 4. The standard InChI is InChI=1S/C14H20F3N3/c1-10-7-19-13(20-8-10)9-18-12-5-3-2-4-11(12)6-14(15,16)17/h7-8,11-12,18H,2-6,9H2,1H3/t11-,12-/m0/s1. The molecule has 1 aliphatic carbocycles. The maximum atomic E-state index is 12.6. The molecule has 0 aromatic carbocycles. The molecule has 1 aliphatic rings. The predicted molar refractivity (Wildman–Crippen MR) is 70.0 cm³/mol. The van der Waals surface area contributed by atoms with Gasteiger partial charge in [-0.3, -0.25) is 0 Å². The van der Waals surface area contributed by atoms with Crippen LogP contribution in [0.1, 0.15) is 43.5 Å². The Kier molecular flexibility index (Phi) is 4.96. The zero-order valence-electron chi connectivity index (χ0n) is 11.6. The fourth-order valence-electron chi connectivity index (χ4n) is 2.75. The zero-order chi connectivity index (χ0) is 14.6. The molecule has 20 heavy (non-hydrogen) atoms. The molecule has 1 aromatic heterocycles. The molecule has 2 atom stereocenters. The summed E-state index contributed by atoms with van der Waals surface area (Å²) in [4.78, 5) is 8.33. The molecule has 0 aliphatic heterocycles. The molecule has 2 rings (SSSR count). The van der Waals surface area contributed by atoms with Gasteiger partial charge in [-0.25, -0.2) is 9.97 Å². The van der Waals surface area contributed by atoms with E-state index >= 15 is 0 Å². The molecule has 0 bridgehead atoms. The van der Waals surface area contributed by atoms with Crippen LogP contribution in [0.15, 0.2) is 12.4 Å². The summed E-state index contributed by atoms with van der Waals surface area (Å²) in [5.74, 6) is 0.307. The highest BCUT2D eigenvalue weighted by atomic mass is 19.4. The Morgan fingerprint density at radius 2 is 1.85 bits per heavy atom. The van der Waals surface area contributed by atoms with E-state index in [0.29, 0.717) is 18.8 Å². The Hall–Kier alpha value is -1.17. The van der Waals surface area contributed by atoms with E-state index in [1.165, 1.54) is 0 Å². The Balaban J connectivity index is 1.90. The summed E-state index contributed by atoms with van der Waals surface area (Å²) in [6, 6.07) is -0.0877. The molecule has 112 valence electrons. The van der Waals surface area contributed by atoms with Crippen LogP contribution >= 0.6 is 0 Å². The summed E-state index contributed by atoms with van der Waals surface area (Å²) in [7, 11) is 0. The molecular formula is C14H20F3N3. The van der Waals surface area contributed by atoms with Gasteiger partial charge in [-0.05, 0) is 31.2 Å². The van der Waals surface area contributed by atoms with E-state index in [9.17, 15) is 13.2 Å². The number of aryl methyl sites for hydroxylation is 1. The lowest BCUT2D eigenvalue weighted by atomic mass is 9.82. The normalized spacial score (nSPS) is 23.8. The van der Waals surface area contributed by atoms with Crippen molar-refractivity contribution in [2.24, 2.45) is 5.92 Å². The van der Waals surface area contributed by atoms with E-state index in [1.807, 2.05) is 6.92 Å². The van der Waals surface area contributed by atoms with Gasteiger partial charge < -0.3 is 5.32 Å². The van der Waals surface area contributed by atoms with Crippen molar-refractivity contribution in [2.75, 3.05) is 0 Å². The highest BCUT2D eigenvalue weighted by molar-refractivity contribution is 5.02. The van der Waals surface area contributed by atoms with Gasteiger partial charge in [-0.15, -0.1) is 0 Å². The van der Waals surface area contributed by atoms with Crippen LogP contribution in [0.25, 0.3) is 0 Å². The van der Waals surface area contributed by atoms with Crippen molar-refractivity contribution in [2.45, 2.75) is 57.8 Å². The second kappa shape index (κ2) is 6.52. The molecule has 1 heterocycles. The zero-order valence-corrected chi connectivity index (χ0v) is 11.6. The minimum atomic E-state index is -4.08. The number of alkyl halides is 3. The number of hydrogen-bond acceptors (Lipinski definition) is 3. The lowest BCUT2D eigenvalue weighted by molar-refractivity contribution is -0.148. The third-order valence-electron chi connectivity index (χ3n) is 3.76. The predicted octanol–water partition coefficient (Wildman–Crippen LogP) is 3.39. The average Bonchev–Trinajstić information content (AvgIpc) is 2.38. The summed E-state index contributed by atoms with van der Waals surface area (Å²) < 4.78 is 37.7. The van der Waals surface area contributed by atoms with Crippen LogP contribution in [0.2, 0.25) is 0 Å². The summed E-state index contributed by atoms with van der Waals surface area (Å²) in [5.41, 5.74) is 0.973. The number of hydrogen-bond donors (Lipinski definition) is 1. The van der Waals surface area contributed by atoms with Gasteiger partial charge in [0, 0.05) is 24.9 Å². The molecule has 1 N–H and O–H groups in total. The third-order valence-corrected chi connectivity index (χ3v) is 3.76. The van der Waals surface area contributed by atoms with Crippen molar-refractivity contribution < 1.29 is 13.2 Å². The first-order valence-corrected chi connectivity index (χ1v) is 7.02. The van der Waals surface area contributed by atoms with Crippen molar-refractivity contribution >= 4 is 0 Å². The minimum absolute atomic E-state index is 0.0877. The SMILES string of the molecule is Cc1cnc(CN[C@H]2CCCC[C@H]2CC(F)(F)F)nc1. The van der Waals surface area contributed by atoms with Gasteiger partial charge in [-0.1, -0.05) is 12.8 Å². The molecule has 0 radical (unpaired) electrons. The van der Waals surface area contributed by atoms with Crippen LogP contribution in [0.5, 0.6) is 0 Å². The lowest BCUT2D eigenvalue weighted by Gasteiger charge is -2.32. The molecule has 1 saturated carbocycles. The minimum Gasteiger partial charge on any atom is -0.307 e. The van der Waals surface area contributed by atoms with E-state index < -0.39 is 12.6 Å². The molecule has 1 fully saturated rings.